The van der Waals surface area contributed by atoms with Gasteiger partial charge in [0.2, 0.25) is 5.91 Å². The van der Waals surface area contributed by atoms with Crippen LogP contribution in [-0.2, 0) is 17.6 Å². The fourth-order valence-corrected chi connectivity index (χ4v) is 3.12. The highest BCUT2D eigenvalue weighted by Gasteiger charge is 2.13. The Kier molecular flexibility index (Phi) is 7.61. The van der Waals surface area contributed by atoms with Crippen LogP contribution in [0, 0.1) is 18.6 Å². The Morgan fingerprint density at radius 2 is 2.00 bits per heavy atom. The molecule has 168 valence electrons. The minimum atomic E-state index is -0.528. The fourth-order valence-electron chi connectivity index (χ4n) is 3.12. The molecule has 3 aromatic rings. The lowest BCUT2D eigenvalue weighted by atomic mass is 10.1. The zero-order valence-electron chi connectivity index (χ0n) is 17.6. The van der Waals surface area contributed by atoms with Gasteiger partial charge in [-0.15, -0.1) is 0 Å². The number of benzene rings is 1. The van der Waals surface area contributed by atoms with Gasteiger partial charge in [0.05, 0.1) is 12.1 Å². The van der Waals surface area contributed by atoms with E-state index in [9.17, 15) is 18.4 Å². The molecule has 1 amide bonds. The number of carbonyl (C=O) groups is 1. The molecular weight excluding hydrogens is 418 g/mol. The van der Waals surface area contributed by atoms with Crippen LogP contribution in [0.25, 0.3) is 5.82 Å². The SMILES string of the molecule is Cc1cnc(NCCc2cc(F)ccc2F)c(=O)n1-c1cccc(CC(=O)NCCN)n1. The standard InChI is InChI=1S/C22H24F2N6O2/c1-14-13-28-21(27-9-7-15-11-16(23)5-6-18(15)24)22(32)30(14)19-4-2-3-17(29-19)12-20(31)26-10-8-25/h2-6,11,13H,7-10,12,25H2,1H3,(H,26,31)(H,27,28). The van der Waals surface area contributed by atoms with Crippen molar-refractivity contribution in [3.8, 4) is 5.82 Å². The number of hydrogen-bond acceptors (Lipinski definition) is 6. The number of nitrogens with two attached hydrogens (primary N) is 1. The lowest BCUT2D eigenvalue weighted by Gasteiger charge is -2.13. The van der Waals surface area contributed by atoms with E-state index in [1.165, 1.54) is 10.8 Å². The van der Waals surface area contributed by atoms with E-state index in [4.69, 9.17) is 5.73 Å². The number of aromatic nitrogens is 3. The molecule has 3 rings (SSSR count). The summed E-state index contributed by atoms with van der Waals surface area (Å²) in [4.78, 5) is 33.5. The van der Waals surface area contributed by atoms with Gasteiger partial charge in [0.15, 0.2) is 5.82 Å². The Balaban J connectivity index is 1.78. The molecule has 0 fully saturated rings. The molecule has 0 aliphatic heterocycles. The highest BCUT2D eigenvalue weighted by molar-refractivity contribution is 5.78. The Morgan fingerprint density at radius 1 is 1.19 bits per heavy atom. The van der Waals surface area contributed by atoms with E-state index in [2.05, 4.69) is 20.6 Å². The summed E-state index contributed by atoms with van der Waals surface area (Å²) >= 11 is 0. The Hall–Kier alpha value is -3.66. The highest BCUT2D eigenvalue weighted by atomic mass is 19.1. The van der Waals surface area contributed by atoms with E-state index in [1.807, 2.05) is 0 Å². The van der Waals surface area contributed by atoms with Gasteiger partial charge in [-0.1, -0.05) is 6.07 Å². The number of nitrogens with one attached hydrogen (secondary N) is 2. The number of halogens is 2. The van der Waals surface area contributed by atoms with Crippen molar-refractivity contribution in [2.24, 2.45) is 5.73 Å². The Bertz CT molecular complexity index is 1170. The van der Waals surface area contributed by atoms with E-state index in [1.54, 1.807) is 25.1 Å². The summed E-state index contributed by atoms with van der Waals surface area (Å²) in [6.45, 7) is 2.60. The maximum absolute atomic E-state index is 13.8. The number of rotatable bonds is 9. The zero-order chi connectivity index (χ0) is 23.1. The first-order valence-electron chi connectivity index (χ1n) is 10.1. The van der Waals surface area contributed by atoms with E-state index in [-0.39, 0.29) is 36.7 Å². The van der Waals surface area contributed by atoms with Gasteiger partial charge in [0, 0.05) is 31.5 Å². The first-order chi connectivity index (χ1) is 15.4. The van der Waals surface area contributed by atoms with Gasteiger partial charge in [0.25, 0.3) is 5.56 Å². The first-order valence-corrected chi connectivity index (χ1v) is 10.1. The molecule has 1 aromatic carbocycles. The van der Waals surface area contributed by atoms with Crippen molar-refractivity contribution in [2.45, 2.75) is 19.8 Å². The third-order valence-electron chi connectivity index (χ3n) is 4.66. The molecule has 0 radical (unpaired) electrons. The van der Waals surface area contributed by atoms with E-state index in [0.717, 1.165) is 18.2 Å². The van der Waals surface area contributed by atoms with Gasteiger partial charge in [-0.05, 0) is 49.2 Å². The lowest BCUT2D eigenvalue weighted by molar-refractivity contribution is -0.120. The minimum absolute atomic E-state index is 0.0526. The van der Waals surface area contributed by atoms with E-state index >= 15 is 0 Å². The van der Waals surface area contributed by atoms with Crippen molar-refractivity contribution < 1.29 is 13.6 Å². The third-order valence-corrected chi connectivity index (χ3v) is 4.66. The van der Waals surface area contributed by atoms with Crippen LogP contribution < -0.4 is 21.9 Å². The number of hydrogen-bond donors (Lipinski definition) is 3. The Morgan fingerprint density at radius 3 is 2.78 bits per heavy atom. The van der Waals surface area contributed by atoms with Gasteiger partial charge < -0.3 is 16.4 Å². The summed E-state index contributed by atoms with van der Waals surface area (Å²) in [6.07, 6.45) is 1.73. The molecule has 0 unspecified atom stereocenters. The smallest absolute Gasteiger partial charge is 0.299 e. The second kappa shape index (κ2) is 10.6. The summed E-state index contributed by atoms with van der Waals surface area (Å²) in [7, 11) is 0. The summed E-state index contributed by atoms with van der Waals surface area (Å²) in [6, 6.07) is 8.30. The van der Waals surface area contributed by atoms with Crippen molar-refractivity contribution in [3.63, 3.8) is 0 Å². The second-order valence-corrected chi connectivity index (χ2v) is 7.10. The van der Waals surface area contributed by atoms with Crippen molar-refractivity contribution >= 4 is 11.7 Å². The highest BCUT2D eigenvalue weighted by Crippen LogP contribution is 2.12. The fraction of sp³-hybridized carbons (Fsp3) is 0.273. The van der Waals surface area contributed by atoms with Crippen LogP contribution in [0.2, 0.25) is 0 Å². The molecule has 8 nitrogen and oxygen atoms in total. The number of pyridine rings is 1. The quantitative estimate of drug-likeness (QED) is 0.463. The van der Waals surface area contributed by atoms with Crippen molar-refractivity contribution in [2.75, 3.05) is 25.0 Å². The van der Waals surface area contributed by atoms with Crippen LogP contribution >= 0.6 is 0 Å². The molecule has 0 spiro atoms. The van der Waals surface area contributed by atoms with Crippen LogP contribution in [0.5, 0.6) is 0 Å². The molecular formula is C22H24F2N6O2. The minimum Gasteiger partial charge on any atom is -0.365 e. The van der Waals surface area contributed by atoms with Crippen LogP contribution in [0.4, 0.5) is 14.6 Å². The first kappa shape index (κ1) is 23.0. The molecule has 0 bridgehead atoms. The van der Waals surface area contributed by atoms with Crippen LogP contribution in [0.15, 0.2) is 47.4 Å². The molecule has 4 N–H and O–H groups in total. The zero-order valence-corrected chi connectivity index (χ0v) is 17.6. The van der Waals surface area contributed by atoms with Gasteiger partial charge in [0.1, 0.15) is 17.5 Å². The summed E-state index contributed by atoms with van der Waals surface area (Å²) in [5.74, 6) is -0.858. The summed E-state index contributed by atoms with van der Waals surface area (Å²) < 4.78 is 28.5. The number of anilines is 1. The summed E-state index contributed by atoms with van der Waals surface area (Å²) in [5, 5.41) is 5.55. The number of carbonyl (C=O) groups excluding carboxylic acids is 1. The number of aryl methyl sites for hydroxylation is 1. The number of amides is 1. The van der Waals surface area contributed by atoms with Crippen LogP contribution in [0.3, 0.4) is 0 Å². The number of nitrogens with zero attached hydrogens (tertiary/aromatic N) is 3. The maximum Gasteiger partial charge on any atom is 0.299 e. The average Bonchev–Trinajstić information content (AvgIpc) is 2.76. The lowest BCUT2D eigenvalue weighted by Crippen LogP contribution is -2.30. The molecule has 2 heterocycles. The molecule has 0 saturated heterocycles. The predicted octanol–water partition coefficient (Wildman–Crippen LogP) is 1.49. The molecule has 10 heteroatoms. The van der Waals surface area contributed by atoms with Crippen LogP contribution in [0.1, 0.15) is 17.0 Å². The molecule has 2 aromatic heterocycles. The molecule has 32 heavy (non-hydrogen) atoms. The van der Waals surface area contributed by atoms with Crippen molar-refractivity contribution in [3.05, 3.63) is 81.5 Å². The normalized spacial score (nSPS) is 10.8. The summed E-state index contributed by atoms with van der Waals surface area (Å²) in [5.41, 5.74) is 6.19. The van der Waals surface area contributed by atoms with Crippen molar-refractivity contribution in [1.82, 2.24) is 19.9 Å². The average molecular weight is 442 g/mol. The van der Waals surface area contributed by atoms with Gasteiger partial charge in [-0.25, -0.2) is 18.7 Å². The molecule has 0 atom stereocenters. The van der Waals surface area contributed by atoms with E-state index < -0.39 is 17.2 Å². The molecule has 0 aliphatic rings. The van der Waals surface area contributed by atoms with Gasteiger partial charge in [-0.2, -0.15) is 0 Å². The van der Waals surface area contributed by atoms with Crippen molar-refractivity contribution in [1.29, 1.82) is 0 Å². The second-order valence-electron chi connectivity index (χ2n) is 7.10. The molecule has 0 aliphatic carbocycles. The Labute approximate surface area is 183 Å². The van der Waals surface area contributed by atoms with Gasteiger partial charge >= 0.3 is 0 Å². The van der Waals surface area contributed by atoms with Crippen LogP contribution in [-0.4, -0.2) is 40.1 Å². The van der Waals surface area contributed by atoms with E-state index in [0.29, 0.717) is 30.3 Å². The topological polar surface area (TPSA) is 115 Å². The largest absolute Gasteiger partial charge is 0.365 e. The third kappa shape index (κ3) is 5.73. The maximum atomic E-state index is 13.8. The van der Waals surface area contributed by atoms with Gasteiger partial charge in [-0.3, -0.25) is 14.2 Å². The predicted molar refractivity (Wildman–Crippen MR) is 117 cm³/mol. The molecule has 0 saturated carbocycles. The monoisotopic (exact) mass is 442 g/mol.